The zero-order valence-corrected chi connectivity index (χ0v) is 9.16. The van der Waals surface area contributed by atoms with Crippen molar-refractivity contribution in [2.75, 3.05) is 0 Å². The van der Waals surface area contributed by atoms with Gasteiger partial charge < -0.3 is 4.74 Å². The molecule has 1 aromatic heterocycles. The van der Waals surface area contributed by atoms with E-state index < -0.39 is 0 Å². The molecule has 0 aliphatic rings. The summed E-state index contributed by atoms with van der Waals surface area (Å²) in [5.41, 5.74) is 0. The molecule has 15 heavy (non-hydrogen) atoms. The highest BCUT2D eigenvalue weighted by Crippen LogP contribution is 2.31. The minimum absolute atomic E-state index is 0.317. The summed E-state index contributed by atoms with van der Waals surface area (Å²) in [4.78, 5) is 3.90. The Labute approximate surface area is 97.4 Å². The third-order valence-corrected chi connectivity index (χ3v) is 2.38. The number of hydrogen-bond donors (Lipinski definition) is 0. The quantitative estimate of drug-likeness (QED) is 0.734. The summed E-state index contributed by atoms with van der Waals surface area (Å²) < 4.78 is 5.51. The van der Waals surface area contributed by atoms with Crippen molar-refractivity contribution < 1.29 is 4.74 Å². The van der Waals surface area contributed by atoms with E-state index in [-0.39, 0.29) is 0 Å². The Bertz CT molecular complexity index is 430. The van der Waals surface area contributed by atoms with Crippen LogP contribution in [0.3, 0.4) is 0 Å². The van der Waals surface area contributed by atoms with Crippen LogP contribution in [0, 0.1) is 0 Å². The zero-order valence-electron chi connectivity index (χ0n) is 7.65. The topological polar surface area (TPSA) is 22.1 Å². The largest absolute Gasteiger partial charge is 0.453 e. The van der Waals surface area contributed by atoms with Crippen LogP contribution in [0.25, 0.3) is 0 Å². The van der Waals surface area contributed by atoms with Gasteiger partial charge in [-0.1, -0.05) is 35.3 Å². The van der Waals surface area contributed by atoms with Crippen molar-refractivity contribution in [3.05, 3.63) is 52.8 Å². The third-order valence-electron chi connectivity index (χ3n) is 1.78. The molecular weight excluding hydrogens is 233 g/mol. The van der Waals surface area contributed by atoms with Crippen LogP contribution in [-0.4, -0.2) is 4.98 Å². The van der Waals surface area contributed by atoms with Crippen LogP contribution in [0.1, 0.15) is 0 Å². The Morgan fingerprint density at radius 3 is 2.40 bits per heavy atom. The normalized spacial score (nSPS) is 10.0. The van der Waals surface area contributed by atoms with Gasteiger partial charge in [0.1, 0.15) is 5.75 Å². The zero-order chi connectivity index (χ0) is 10.7. The van der Waals surface area contributed by atoms with Crippen LogP contribution in [0.4, 0.5) is 0 Å². The van der Waals surface area contributed by atoms with Gasteiger partial charge in [-0.05, 0) is 24.3 Å². The molecule has 0 unspecified atom stereocenters. The van der Waals surface area contributed by atoms with Crippen LogP contribution in [0.15, 0.2) is 42.6 Å². The molecule has 1 aromatic carbocycles. The van der Waals surface area contributed by atoms with E-state index in [2.05, 4.69) is 4.98 Å². The van der Waals surface area contributed by atoms with Crippen molar-refractivity contribution in [1.82, 2.24) is 4.98 Å². The van der Waals surface area contributed by atoms with Gasteiger partial charge in [0.15, 0.2) is 10.9 Å². The Morgan fingerprint density at radius 2 is 1.67 bits per heavy atom. The maximum Gasteiger partial charge on any atom is 0.171 e. The summed E-state index contributed by atoms with van der Waals surface area (Å²) in [5.74, 6) is 1.06. The molecule has 4 heteroatoms. The van der Waals surface area contributed by atoms with Gasteiger partial charge in [-0.3, -0.25) is 0 Å². The smallest absolute Gasteiger partial charge is 0.171 e. The standard InChI is InChI=1S/C11H7Cl2NO/c12-8-4-1-2-5-9(8)15-10-6-3-7-14-11(10)13/h1-7H. The predicted octanol–water partition coefficient (Wildman–Crippen LogP) is 4.18. The lowest BCUT2D eigenvalue weighted by molar-refractivity contribution is 0.481. The molecule has 0 radical (unpaired) electrons. The van der Waals surface area contributed by atoms with E-state index in [0.29, 0.717) is 21.7 Å². The number of benzene rings is 1. The van der Waals surface area contributed by atoms with E-state index >= 15 is 0 Å². The molecule has 0 saturated heterocycles. The molecular formula is C11H7Cl2NO. The van der Waals surface area contributed by atoms with Gasteiger partial charge in [-0.2, -0.15) is 0 Å². The molecule has 0 bridgehead atoms. The molecule has 0 amide bonds. The third kappa shape index (κ3) is 2.41. The highest BCUT2D eigenvalue weighted by Gasteiger charge is 2.05. The van der Waals surface area contributed by atoms with Crippen molar-refractivity contribution in [3.8, 4) is 11.5 Å². The van der Waals surface area contributed by atoms with Crippen molar-refractivity contribution >= 4 is 23.2 Å². The fourth-order valence-electron chi connectivity index (χ4n) is 1.09. The molecule has 1 heterocycles. The van der Waals surface area contributed by atoms with Crippen molar-refractivity contribution in [1.29, 1.82) is 0 Å². The first-order valence-electron chi connectivity index (χ1n) is 4.30. The van der Waals surface area contributed by atoms with Crippen LogP contribution in [0.2, 0.25) is 10.2 Å². The van der Waals surface area contributed by atoms with Crippen molar-refractivity contribution in [2.24, 2.45) is 0 Å². The van der Waals surface area contributed by atoms with E-state index in [0.717, 1.165) is 0 Å². The van der Waals surface area contributed by atoms with Crippen LogP contribution in [0.5, 0.6) is 11.5 Å². The summed E-state index contributed by atoms with van der Waals surface area (Å²) in [5, 5.41) is 0.856. The number of para-hydroxylation sites is 1. The van der Waals surface area contributed by atoms with Crippen LogP contribution in [-0.2, 0) is 0 Å². The Balaban J connectivity index is 2.30. The highest BCUT2D eigenvalue weighted by molar-refractivity contribution is 6.32. The van der Waals surface area contributed by atoms with Crippen LogP contribution < -0.4 is 4.74 Å². The van der Waals surface area contributed by atoms with E-state index in [1.54, 1.807) is 30.5 Å². The van der Waals surface area contributed by atoms with Crippen molar-refractivity contribution in [2.45, 2.75) is 0 Å². The number of hydrogen-bond acceptors (Lipinski definition) is 2. The molecule has 0 aliphatic heterocycles. The van der Waals surface area contributed by atoms with Gasteiger partial charge in [0.25, 0.3) is 0 Å². The maximum atomic E-state index is 5.94. The summed E-state index contributed by atoms with van der Waals surface area (Å²) in [6, 6.07) is 10.7. The number of pyridine rings is 1. The van der Waals surface area contributed by atoms with E-state index in [9.17, 15) is 0 Å². The lowest BCUT2D eigenvalue weighted by Crippen LogP contribution is -1.87. The number of nitrogens with zero attached hydrogens (tertiary/aromatic N) is 1. The molecule has 2 nitrogen and oxygen atoms in total. The molecule has 0 aliphatic carbocycles. The van der Waals surface area contributed by atoms with Gasteiger partial charge in [-0.15, -0.1) is 0 Å². The number of ether oxygens (including phenoxy) is 1. The molecule has 0 N–H and O–H groups in total. The fourth-order valence-corrected chi connectivity index (χ4v) is 1.43. The fraction of sp³-hybridized carbons (Fsp3) is 0. The molecule has 2 aromatic rings. The molecule has 0 atom stereocenters. The minimum Gasteiger partial charge on any atom is -0.453 e. The average Bonchev–Trinajstić information content (AvgIpc) is 2.24. The van der Waals surface area contributed by atoms with Gasteiger partial charge in [-0.25, -0.2) is 4.98 Å². The van der Waals surface area contributed by atoms with Gasteiger partial charge in [0.05, 0.1) is 5.02 Å². The Morgan fingerprint density at radius 1 is 0.933 bits per heavy atom. The first-order chi connectivity index (χ1) is 7.27. The van der Waals surface area contributed by atoms with Crippen molar-refractivity contribution in [3.63, 3.8) is 0 Å². The lowest BCUT2D eigenvalue weighted by atomic mass is 10.3. The summed E-state index contributed by atoms with van der Waals surface area (Å²) in [6.45, 7) is 0. The number of rotatable bonds is 2. The Hall–Kier alpha value is -1.25. The van der Waals surface area contributed by atoms with Gasteiger partial charge in [0.2, 0.25) is 0 Å². The van der Waals surface area contributed by atoms with E-state index in [1.807, 2.05) is 12.1 Å². The SMILES string of the molecule is Clc1ccccc1Oc1cccnc1Cl. The summed E-state index contributed by atoms with van der Waals surface area (Å²) in [6.07, 6.45) is 1.60. The lowest BCUT2D eigenvalue weighted by Gasteiger charge is -2.07. The summed E-state index contributed by atoms with van der Waals surface area (Å²) in [7, 11) is 0. The Kier molecular flexibility index (Phi) is 3.09. The molecule has 2 rings (SSSR count). The first-order valence-corrected chi connectivity index (χ1v) is 5.06. The van der Waals surface area contributed by atoms with Crippen LogP contribution >= 0.6 is 23.2 Å². The molecule has 0 fully saturated rings. The van der Waals surface area contributed by atoms with Gasteiger partial charge >= 0.3 is 0 Å². The molecule has 0 saturated carbocycles. The molecule has 0 spiro atoms. The predicted molar refractivity (Wildman–Crippen MR) is 60.8 cm³/mol. The minimum atomic E-state index is 0.317. The number of aromatic nitrogens is 1. The second-order valence-electron chi connectivity index (χ2n) is 2.82. The second kappa shape index (κ2) is 4.51. The summed E-state index contributed by atoms with van der Waals surface area (Å²) >= 11 is 11.8. The van der Waals surface area contributed by atoms with E-state index in [4.69, 9.17) is 27.9 Å². The highest BCUT2D eigenvalue weighted by atomic mass is 35.5. The molecule has 76 valence electrons. The van der Waals surface area contributed by atoms with E-state index in [1.165, 1.54) is 0 Å². The first kappa shape index (κ1) is 10.3. The number of halogens is 2. The average molecular weight is 240 g/mol. The van der Waals surface area contributed by atoms with Gasteiger partial charge in [0, 0.05) is 6.20 Å². The monoisotopic (exact) mass is 239 g/mol. The second-order valence-corrected chi connectivity index (χ2v) is 3.59. The maximum absolute atomic E-state index is 5.94.